The van der Waals surface area contributed by atoms with E-state index < -0.39 is 0 Å². The molecule has 0 fully saturated rings. The monoisotopic (exact) mass is 724 g/mol. The van der Waals surface area contributed by atoms with E-state index in [9.17, 15) is 0 Å². The summed E-state index contributed by atoms with van der Waals surface area (Å²) in [6.45, 7) is 20.1. The highest BCUT2D eigenvalue weighted by Crippen LogP contribution is 2.47. The molecule has 6 aromatic carbocycles. The fourth-order valence-electron chi connectivity index (χ4n) is 11.7. The van der Waals surface area contributed by atoms with Crippen LogP contribution in [0.4, 0.5) is 0 Å². The minimum Gasteiger partial charge on any atom is -0.135 e. The molecule has 266 valence electrons. The molecule has 4 aliphatic heterocycles. The van der Waals surface area contributed by atoms with Crippen molar-refractivity contribution in [3.05, 3.63) is 178 Å². The van der Waals surface area contributed by atoms with Crippen LogP contribution in [0.25, 0.3) is 20.9 Å². The topological polar surface area (TPSA) is 0 Å². The SMILES string of the molecule is CC1(C)c2ccccc2B2c3ccccc3C(C)(C)c3cc(-c4ccc(-c5cc6c7c(c5)C(C)(C)c5ccccc5B7c5ccccc5C6(C)C)s4)cc1c32. The number of benzene rings is 6. The predicted molar refractivity (Wildman–Crippen MR) is 239 cm³/mol. The van der Waals surface area contributed by atoms with Crippen molar-refractivity contribution in [1.29, 1.82) is 0 Å². The Balaban J connectivity index is 1.11. The number of hydrogen-bond donors (Lipinski definition) is 0. The van der Waals surface area contributed by atoms with Crippen LogP contribution >= 0.6 is 11.3 Å². The standard InChI is InChI=1S/C52H46B2S/c1-49(2)33-17-9-13-21-41(33)53-42-22-14-10-18-34(42)50(3,4)38-28-31(27-37(49)47(38)53)45-25-26-46(55-45)32-29-39-48-40(30-32)52(7,8)36-20-12-16-24-44(36)54(48)43-23-15-11-19-35(43)51(39,5)6/h9-30H,1-8H3. The van der Waals surface area contributed by atoms with Gasteiger partial charge in [-0.3, -0.25) is 0 Å². The molecule has 0 atom stereocenters. The van der Waals surface area contributed by atoms with Crippen LogP contribution < -0.4 is 32.8 Å². The van der Waals surface area contributed by atoms with E-state index in [4.69, 9.17) is 0 Å². The molecule has 0 saturated carbocycles. The molecule has 0 nitrogen and oxygen atoms in total. The first-order valence-electron chi connectivity index (χ1n) is 20.2. The Bertz CT molecular complexity index is 2440. The fraction of sp³-hybridized carbons (Fsp3) is 0.231. The van der Waals surface area contributed by atoms with E-state index in [2.05, 4.69) is 189 Å². The highest BCUT2D eigenvalue weighted by molar-refractivity contribution is 7.18. The zero-order valence-electron chi connectivity index (χ0n) is 33.3. The minimum atomic E-state index is -0.114. The first-order valence-corrected chi connectivity index (χ1v) is 21.0. The molecule has 11 rings (SSSR count). The summed E-state index contributed by atoms with van der Waals surface area (Å²) >= 11 is 1.96. The summed E-state index contributed by atoms with van der Waals surface area (Å²) < 4.78 is 0. The second-order valence-electron chi connectivity index (χ2n) is 18.8. The summed E-state index contributed by atoms with van der Waals surface area (Å²) in [7, 11) is 0. The van der Waals surface area contributed by atoms with Crippen LogP contribution in [0.3, 0.4) is 0 Å². The summed E-state index contributed by atoms with van der Waals surface area (Å²) in [5, 5.41) is 0. The molecule has 0 amide bonds. The maximum absolute atomic E-state index is 2.56. The summed E-state index contributed by atoms with van der Waals surface area (Å²) in [5.74, 6) is 0. The molecule has 4 aliphatic rings. The second kappa shape index (κ2) is 10.9. The van der Waals surface area contributed by atoms with Crippen molar-refractivity contribution in [2.45, 2.75) is 77.0 Å². The number of thiophene rings is 1. The van der Waals surface area contributed by atoms with E-state index in [1.54, 1.807) is 0 Å². The van der Waals surface area contributed by atoms with Gasteiger partial charge in [0.05, 0.1) is 0 Å². The molecule has 0 aliphatic carbocycles. The third kappa shape index (κ3) is 4.26. The lowest BCUT2D eigenvalue weighted by molar-refractivity contribution is 0.622. The van der Waals surface area contributed by atoms with E-state index in [1.807, 2.05) is 11.3 Å². The van der Waals surface area contributed by atoms with Gasteiger partial charge in [0.1, 0.15) is 0 Å². The Hall–Kier alpha value is -4.85. The largest absolute Gasteiger partial charge is 0.242 e. The van der Waals surface area contributed by atoms with E-state index in [0.29, 0.717) is 0 Å². The van der Waals surface area contributed by atoms with Gasteiger partial charge in [0.2, 0.25) is 13.4 Å². The lowest BCUT2D eigenvalue weighted by Crippen LogP contribution is -2.66. The minimum absolute atomic E-state index is 0.114. The van der Waals surface area contributed by atoms with Crippen LogP contribution in [-0.2, 0) is 21.7 Å². The van der Waals surface area contributed by atoms with Crippen molar-refractivity contribution in [1.82, 2.24) is 0 Å². The summed E-state index contributed by atoms with van der Waals surface area (Å²) in [5.41, 5.74) is 22.8. The zero-order chi connectivity index (χ0) is 37.8. The van der Waals surface area contributed by atoms with Gasteiger partial charge in [-0.15, -0.1) is 11.3 Å². The highest BCUT2D eigenvalue weighted by Gasteiger charge is 2.50. The van der Waals surface area contributed by atoms with Crippen molar-refractivity contribution < 1.29 is 0 Å². The first kappa shape index (κ1) is 33.5. The summed E-state index contributed by atoms with van der Waals surface area (Å²) in [4.78, 5) is 2.68. The highest BCUT2D eigenvalue weighted by atomic mass is 32.1. The lowest BCUT2D eigenvalue weighted by atomic mass is 9.27. The van der Waals surface area contributed by atoms with Crippen molar-refractivity contribution in [2.75, 3.05) is 0 Å². The Kier molecular flexibility index (Phi) is 6.65. The molecule has 0 unspecified atom stereocenters. The fourth-order valence-corrected chi connectivity index (χ4v) is 12.7. The Morgan fingerprint density at radius 3 is 0.855 bits per heavy atom. The van der Waals surface area contributed by atoms with Crippen LogP contribution in [-0.4, -0.2) is 13.4 Å². The van der Waals surface area contributed by atoms with Crippen LogP contribution in [0.15, 0.2) is 133 Å². The quantitative estimate of drug-likeness (QED) is 0.157. The van der Waals surface area contributed by atoms with Gasteiger partial charge in [-0.2, -0.15) is 0 Å². The number of hydrogen-bond acceptors (Lipinski definition) is 1. The van der Waals surface area contributed by atoms with Crippen molar-refractivity contribution in [3.63, 3.8) is 0 Å². The second-order valence-corrected chi connectivity index (χ2v) is 19.9. The lowest BCUT2D eigenvalue weighted by Gasteiger charge is -2.47. The molecule has 55 heavy (non-hydrogen) atoms. The van der Waals surface area contributed by atoms with Crippen molar-refractivity contribution >= 4 is 57.5 Å². The summed E-state index contributed by atoms with van der Waals surface area (Å²) in [6, 6.07) is 51.9. The maximum Gasteiger partial charge on any atom is 0.242 e. The number of rotatable bonds is 2. The van der Waals surface area contributed by atoms with Gasteiger partial charge in [-0.05, 0) is 92.0 Å². The molecular formula is C52H46B2S. The van der Waals surface area contributed by atoms with Gasteiger partial charge < -0.3 is 0 Å². The molecule has 0 N–H and O–H groups in total. The third-order valence-corrected chi connectivity index (χ3v) is 15.8. The Morgan fingerprint density at radius 1 is 0.327 bits per heavy atom. The summed E-state index contributed by atoms with van der Waals surface area (Å²) in [6.07, 6.45) is 0. The average Bonchev–Trinajstić information content (AvgIpc) is 3.68. The zero-order valence-corrected chi connectivity index (χ0v) is 34.1. The molecular weight excluding hydrogens is 678 g/mol. The molecule has 5 heterocycles. The van der Waals surface area contributed by atoms with Crippen molar-refractivity contribution in [3.8, 4) is 20.9 Å². The molecule has 3 heteroatoms. The van der Waals surface area contributed by atoms with Gasteiger partial charge in [-0.1, -0.05) is 185 Å². The maximum atomic E-state index is 2.56. The van der Waals surface area contributed by atoms with Crippen LogP contribution in [0.2, 0.25) is 0 Å². The van der Waals surface area contributed by atoms with E-state index in [0.717, 1.165) is 0 Å². The van der Waals surface area contributed by atoms with Gasteiger partial charge in [0.25, 0.3) is 0 Å². The average molecular weight is 725 g/mol. The van der Waals surface area contributed by atoms with E-state index in [-0.39, 0.29) is 35.1 Å². The Morgan fingerprint density at radius 2 is 0.582 bits per heavy atom. The van der Waals surface area contributed by atoms with Crippen LogP contribution in [0.5, 0.6) is 0 Å². The molecule has 0 bridgehead atoms. The molecule has 0 saturated heterocycles. The molecule has 0 spiro atoms. The van der Waals surface area contributed by atoms with Gasteiger partial charge in [0, 0.05) is 31.4 Å². The van der Waals surface area contributed by atoms with E-state index in [1.165, 1.54) is 98.2 Å². The van der Waals surface area contributed by atoms with Crippen LogP contribution in [0.1, 0.15) is 99.9 Å². The van der Waals surface area contributed by atoms with Gasteiger partial charge in [-0.25, -0.2) is 0 Å². The van der Waals surface area contributed by atoms with Gasteiger partial charge in [0.15, 0.2) is 0 Å². The molecule has 1 aromatic heterocycles. The molecule has 0 radical (unpaired) electrons. The van der Waals surface area contributed by atoms with Crippen LogP contribution in [0, 0.1) is 0 Å². The first-order chi connectivity index (χ1) is 26.3. The normalized spacial score (nSPS) is 18.0. The van der Waals surface area contributed by atoms with E-state index >= 15 is 0 Å². The van der Waals surface area contributed by atoms with Crippen molar-refractivity contribution in [2.24, 2.45) is 0 Å². The number of fused-ring (bicyclic) bond motifs is 8. The smallest absolute Gasteiger partial charge is 0.135 e. The third-order valence-electron chi connectivity index (χ3n) is 14.6. The van der Waals surface area contributed by atoms with Gasteiger partial charge >= 0.3 is 0 Å². The predicted octanol–water partition coefficient (Wildman–Crippen LogP) is 8.67. The molecule has 7 aromatic rings. The Labute approximate surface area is 331 Å².